The Kier molecular flexibility index (Phi) is 18.5. The van der Waals surface area contributed by atoms with Crippen LogP contribution in [-0.4, -0.2) is 101 Å². The van der Waals surface area contributed by atoms with E-state index in [-0.39, 0.29) is 69.0 Å². The van der Waals surface area contributed by atoms with Crippen molar-refractivity contribution in [1.82, 2.24) is 20.9 Å². The fourth-order valence-electron chi connectivity index (χ4n) is 4.64. The van der Waals surface area contributed by atoms with Crippen LogP contribution in [0.5, 0.6) is 0 Å². The third-order valence-corrected chi connectivity index (χ3v) is 7.89. The van der Waals surface area contributed by atoms with Gasteiger partial charge in [0.1, 0.15) is 6.04 Å². The highest BCUT2D eigenvalue weighted by molar-refractivity contribution is 5.85. The van der Waals surface area contributed by atoms with Crippen molar-refractivity contribution in [2.75, 3.05) is 32.7 Å². The van der Waals surface area contributed by atoms with Gasteiger partial charge in [-0.1, -0.05) is 34.6 Å². The largest absolute Gasteiger partial charge is 0.480 e. The molecule has 0 radical (unpaired) electrons. The van der Waals surface area contributed by atoms with Crippen molar-refractivity contribution in [2.24, 2.45) is 28.9 Å². The summed E-state index contributed by atoms with van der Waals surface area (Å²) in [5.41, 5.74) is 4.66. The number of unbranched alkanes of at least 4 members (excludes halogenated alkanes) is 1. The van der Waals surface area contributed by atoms with Gasteiger partial charge in [-0.3, -0.25) is 38.5 Å². The fraction of sp³-hybridized carbons (Fsp3) is 0.759. The number of amides is 4. The van der Waals surface area contributed by atoms with E-state index in [4.69, 9.17) is 15.9 Å². The van der Waals surface area contributed by atoms with Gasteiger partial charge in [0.2, 0.25) is 23.6 Å². The van der Waals surface area contributed by atoms with Gasteiger partial charge in [-0.15, -0.1) is 0 Å². The van der Waals surface area contributed by atoms with Gasteiger partial charge < -0.3 is 37.0 Å². The van der Waals surface area contributed by atoms with E-state index in [9.17, 15) is 38.7 Å². The van der Waals surface area contributed by atoms with Gasteiger partial charge in [-0.2, -0.15) is 0 Å². The van der Waals surface area contributed by atoms with Gasteiger partial charge in [0.25, 0.3) is 0 Å². The van der Waals surface area contributed by atoms with Crippen molar-refractivity contribution < 1.29 is 48.9 Å². The normalized spacial score (nSPS) is 15.2. The zero-order valence-electron chi connectivity index (χ0n) is 26.5. The monoisotopic (exact) mass is 629 g/mol. The molecule has 0 aromatic rings. The summed E-state index contributed by atoms with van der Waals surface area (Å²) in [6.07, 6.45) is 1.91. The number of nitrogens with two attached hydrogens (primary N) is 1. The lowest BCUT2D eigenvalue weighted by molar-refractivity contribution is -0.149. The Hall–Kier alpha value is -3.75. The number of carboxylic acid groups (broad SMARTS) is 3. The minimum absolute atomic E-state index is 0.0231. The second-order valence-electron chi connectivity index (χ2n) is 11.5. The van der Waals surface area contributed by atoms with E-state index in [0.717, 1.165) is 4.90 Å². The van der Waals surface area contributed by atoms with Crippen LogP contribution in [-0.2, 0) is 33.6 Å². The van der Waals surface area contributed by atoms with Crippen LogP contribution in [0, 0.1) is 23.2 Å². The van der Waals surface area contributed by atoms with Crippen LogP contribution < -0.4 is 21.7 Å². The van der Waals surface area contributed by atoms with Gasteiger partial charge in [-0.05, 0) is 44.9 Å². The van der Waals surface area contributed by atoms with Crippen molar-refractivity contribution in [1.29, 1.82) is 0 Å². The number of carboxylic acids is 3. The summed E-state index contributed by atoms with van der Waals surface area (Å²) in [6, 6.07) is -1.32. The Bertz CT molecular complexity index is 991. The van der Waals surface area contributed by atoms with Crippen molar-refractivity contribution in [3.63, 3.8) is 0 Å². The van der Waals surface area contributed by atoms with Crippen LogP contribution in [0.1, 0.15) is 79.6 Å². The molecule has 4 amide bonds. The molecule has 0 rings (SSSR count). The third-order valence-electron chi connectivity index (χ3n) is 7.89. The molecular formula is C29H51N5O10. The first kappa shape index (κ1) is 40.2. The zero-order chi connectivity index (χ0) is 34.0. The van der Waals surface area contributed by atoms with E-state index in [2.05, 4.69) is 16.0 Å². The number of nitrogens with zero attached hydrogens (tertiary/aromatic N) is 1. The molecule has 15 nitrogen and oxygen atoms in total. The smallest absolute Gasteiger partial charge is 0.320 e. The molecule has 0 spiro atoms. The second-order valence-corrected chi connectivity index (χ2v) is 11.5. The molecule has 4 unspecified atom stereocenters. The molecule has 0 aliphatic rings. The van der Waals surface area contributed by atoms with E-state index in [1.807, 2.05) is 13.8 Å². The van der Waals surface area contributed by atoms with Crippen LogP contribution in [0.4, 0.5) is 0 Å². The molecule has 0 bridgehead atoms. The summed E-state index contributed by atoms with van der Waals surface area (Å²) in [5.74, 6) is -6.88. The van der Waals surface area contributed by atoms with Gasteiger partial charge >= 0.3 is 17.9 Å². The van der Waals surface area contributed by atoms with Crippen molar-refractivity contribution >= 4 is 41.5 Å². The Morgan fingerprint density at radius 2 is 1.32 bits per heavy atom. The molecule has 0 fully saturated rings. The third kappa shape index (κ3) is 15.1. The molecule has 0 aromatic heterocycles. The van der Waals surface area contributed by atoms with Gasteiger partial charge in [0, 0.05) is 42.8 Å². The van der Waals surface area contributed by atoms with Gasteiger partial charge in [0.05, 0.1) is 13.1 Å². The zero-order valence-corrected chi connectivity index (χ0v) is 26.5. The summed E-state index contributed by atoms with van der Waals surface area (Å²) in [6.45, 7) is 8.05. The van der Waals surface area contributed by atoms with Crippen LogP contribution in [0.3, 0.4) is 0 Å². The number of rotatable bonds is 24. The Balaban J connectivity index is 4.99. The molecule has 0 aliphatic carbocycles. The van der Waals surface area contributed by atoms with Gasteiger partial charge in [0.15, 0.2) is 0 Å². The van der Waals surface area contributed by atoms with E-state index < -0.39 is 60.2 Å². The number of aliphatic carboxylic acids is 3. The fourth-order valence-corrected chi connectivity index (χ4v) is 4.64. The molecule has 252 valence electrons. The van der Waals surface area contributed by atoms with Gasteiger partial charge in [-0.25, -0.2) is 0 Å². The SMILES string of the molecule is CCC(C)C(=O)NCCNC(=O)C(C)CC(CC(C)(CC)C(=O)NCCCC[C@@H](C(=O)O)N(CC(=O)O)CC(=O)O)C(N)=O. The van der Waals surface area contributed by atoms with Crippen LogP contribution in [0.15, 0.2) is 0 Å². The molecule has 44 heavy (non-hydrogen) atoms. The highest BCUT2D eigenvalue weighted by Gasteiger charge is 2.37. The highest BCUT2D eigenvalue weighted by Crippen LogP contribution is 2.33. The second kappa shape index (κ2) is 20.3. The average molecular weight is 630 g/mol. The van der Waals surface area contributed by atoms with Crippen molar-refractivity contribution in [3.8, 4) is 0 Å². The minimum atomic E-state index is -1.35. The molecule has 0 saturated heterocycles. The Labute approximate surface area is 258 Å². The first-order valence-electron chi connectivity index (χ1n) is 15.0. The average Bonchev–Trinajstić information content (AvgIpc) is 2.94. The number of carbonyl (C=O) groups is 7. The van der Waals surface area contributed by atoms with Crippen molar-refractivity contribution in [3.05, 3.63) is 0 Å². The number of hydrogen-bond acceptors (Lipinski definition) is 8. The number of primary amides is 1. The topological polar surface area (TPSA) is 246 Å². The lowest BCUT2D eigenvalue weighted by atomic mass is 9.75. The molecule has 0 aromatic carbocycles. The molecule has 8 N–H and O–H groups in total. The molecular weight excluding hydrogens is 578 g/mol. The summed E-state index contributed by atoms with van der Waals surface area (Å²) in [5, 5.41) is 35.8. The Morgan fingerprint density at radius 3 is 1.75 bits per heavy atom. The van der Waals surface area contributed by atoms with Crippen LogP contribution in [0.2, 0.25) is 0 Å². The first-order valence-corrected chi connectivity index (χ1v) is 15.0. The predicted octanol–water partition coefficient (Wildman–Crippen LogP) is 0.410. The van der Waals surface area contributed by atoms with E-state index in [0.29, 0.717) is 19.3 Å². The molecule has 0 heterocycles. The summed E-state index contributed by atoms with van der Waals surface area (Å²) >= 11 is 0. The number of nitrogens with one attached hydrogen (secondary N) is 3. The quantitative estimate of drug-likeness (QED) is 0.0721. The standard InChI is InChI=1S/C29H51N5O10/c1-6-18(3)25(40)31-12-13-32-26(41)19(4)14-20(24(30)39)15-29(5,7-2)28(44)33-11-9-8-10-21(27(42)43)34(16-22(35)36)17-23(37)38/h18-21H,6-17H2,1-5H3,(H2,30,39)(H,31,40)(H,32,41)(H,33,44)(H,35,36)(H,37,38)(H,42,43)/t18?,19?,20?,21-,29?/m0/s1. The molecule has 0 aliphatic heterocycles. The maximum atomic E-state index is 13.1. The summed E-state index contributed by atoms with van der Waals surface area (Å²) < 4.78 is 0. The van der Waals surface area contributed by atoms with Crippen molar-refractivity contribution in [2.45, 2.75) is 85.6 Å². The minimum Gasteiger partial charge on any atom is -0.480 e. The molecule has 5 atom stereocenters. The maximum absolute atomic E-state index is 13.1. The van der Waals surface area contributed by atoms with E-state index in [1.54, 1.807) is 20.8 Å². The number of carbonyl (C=O) groups excluding carboxylic acids is 4. The summed E-state index contributed by atoms with van der Waals surface area (Å²) in [7, 11) is 0. The lowest BCUT2D eigenvalue weighted by Gasteiger charge is -2.31. The van der Waals surface area contributed by atoms with E-state index in [1.165, 1.54) is 0 Å². The lowest BCUT2D eigenvalue weighted by Crippen LogP contribution is -2.46. The highest BCUT2D eigenvalue weighted by atomic mass is 16.4. The van der Waals surface area contributed by atoms with Crippen LogP contribution in [0.25, 0.3) is 0 Å². The van der Waals surface area contributed by atoms with Crippen LogP contribution >= 0.6 is 0 Å². The Morgan fingerprint density at radius 1 is 0.795 bits per heavy atom. The first-order chi connectivity index (χ1) is 20.5. The molecule has 0 saturated carbocycles. The summed E-state index contributed by atoms with van der Waals surface area (Å²) in [4.78, 5) is 84.5. The maximum Gasteiger partial charge on any atom is 0.320 e. The van der Waals surface area contributed by atoms with E-state index >= 15 is 0 Å². The predicted molar refractivity (Wildman–Crippen MR) is 160 cm³/mol. The molecule has 15 heteroatoms. The number of hydrogen-bond donors (Lipinski definition) is 7.